The normalized spacial score (nSPS) is 14.6. The Morgan fingerprint density at radius 1 is 0.293 bits per heavy atom. The van der Waals surface area contributed by atoms with Gasteiger partial charge in [0.15, 0.2) is 0 Å². The van der Waals surface area contributed by atoms with E-state index in [4.69, 9.17) is 0 Å². The third-order valence-electron chi connectivity index (χ3n) is 17.3. The van der Waals surface area contributed by atoms with Crippen LogP contribution in [-0.4, -0.2) is 0 Å². The molecule has 356 valence electrons. The summed E-state index contributed by atoms with van der Waals surface area (Å²) in [6.45, 7) is 14.1. The molecule has 0 heterocycles. The van der Waals surface area contributed by atoms with Gasteiger partial charge >= 0.3 is 0 Å². The lowest BCUT2D eigenvalue weighted by molar-refractivity contribution is 0.645. The minimum absolute atomic E-state index is 0.109. The molecule has 4 heteroatoms. The molecule has 0 saturated heterocycles. The van der Waals surface area contributed by atoms with E-state index >= 15 is 0 Å². The van der Waals surface area contributed by atoms with Crippen molar-refractivity contribution in [3.63, 3.8) is 0 Å². The van der Waals surface area contributed by atoms with Crippen LogP contribution in [0.1, 0.15) is 86.1 Å². The van der Waals surface area contributed by atoms with Crippen LogP contribution in [-0.2, 0) is 16.2 Å². The van der Waals surface area contributed by atoms with Crippen LogP contribution < -0.4 is 9.80 Å². The van der Waals surface area contributed by atoms with Crippen molar-refractivity contribution >= 4 is 66.4 Å². The Labute approximate surface area is 438 Å². The number of anilines is 6. The van der Waals surface area contributed by atoms with Gasteiger partial charge < -0.3 is 9.80 Å². The highest BCUT2D eigenvalue weighted by Crippen LogP contribution is 2.56. The second-order valence-electron chi connectivity index (χ2n) is 22.3. The van der Waals surface area contributed by atoms with Gasteiger partial charge in [-0.1, -0.05) is 151 Å². The van der Waals surface area contributed by atoms with Crippen LogP contribution in [0.15, 0.2) is 206 Å². The summed E-state index contributed by atoms with van der Waals surface area (Å²) in [6, 6.07) is 79.9. The summed E-state index contributed by atoms with van der Waals surface area (Å²) in [7, 11) is 0. The monoisotopic (exact) mass is 960 g/mol. The molecule has 3 aliphatic carbocycles. The van der Waals surface area contributed by atoms with Crippen LogP contribution in [0.3, 0.4) is 0 Å². The topological polar surface area (TPSA) is 54.1 Å². The fraction of sp³-hybridized carbons (Fsp3) is 0.127. The standard InChI is InChI=1S/C71H52N4/c1-69(2)62-20-12-10-16-52(62)59-36-47(32-35-63(59)69)74(45-26-22-43(41-72)23-27-45)48-30-34-54-60-39-57-50-14-7-8-17-55(50)67(40-58(57)56-18-13-21-64(68(56)60)71(5,6)66(54)37-48)75(46-28-24-44(42-73)25-29-46)49-31-33-53-51-15-9-11-19-61(51)70(3,4)65(53)38-49/h7-40H,1-6H3. The number of fused-ring (bicyclic) bond motifs is 12. The number of hydrogen-bond acceptors (Lipinski definition) is 4. The molecular formula is C71H52N4. The zero-order valence-corrected chi connectivity index (χ0v) is 42.9. The van der Waals surface area contributed by atoms with Gasteiger partial charge in [-0.25, -0.2) is 0 Å². The molecule has 0 amide bonds. The molecule has 0 radical (unpaired) electrons. The number of hydrogen-bond donors (Lipinski definition) is 0. The average molecular weight is 961 g/mol. The summed E-state index contributed by atoms with van der Waals surface area (Å²) in [5.74, 6) is 0. The quantitative estimate of drug-likeness (QED) is 0.156. The van der Waals surface area contributed by atoms with E-state index < -0.39 is 0 Å². The van der Waals surface area contributed by atoms with E-state index in [9.17, 15) is 10.5 Å². The van der Waals surface area contributed by atoms with Crippen molar-refractivity contribution in [1.29, 1.82) is 10.5 Å². The first-order valence-electron chi connectivity index (χ1n) is 26.0. The molecule has 11 aromatic rings. The van der Waals surface area contributed by atoms with Gasteiger partial charge in [0, 0.05) is 50.1 Å². The first-order valence-corrected chi connectivity index (χ1v) is 26.0. The van der Waals surface area contributed by atoms with Gasteiger partial charge in [-0.05, 0) is 191 Å². The maximum atomic E-state index is 9.92. The maximum Gasteiger partial charge on any atom is 0.0991 e. The first kappa shape index (κ1) is 44.5. The molecule has 0 bridgehead atoms. The van der Waals surface area contributed by atoms with E-state index in [2.05, 4.69) is 245 Å². The predicted molar refractivity (Wildman–Crippen MR) is 310 cm³/mol. The molecule has 0 spiro atoms. The van der Waals surface area contributed by atoms with Crippen LogP contribution >= 0.6 is 0 Å². The summed E-state index contributed by atoms with van der Waals surface area (Å²) in [5.41, 5.74) is 22.3. The van der Waals surface area contributed by atoms with Crippen LogP contribution in [0, 0.1) is 22.7 Å². The summed E-state index contributed by atoms with van der Waals surface area (Å²) in [4.78, 5) is 4.76. The molecule has 0 unspecified atom stereocenters. The van der Waals surface area contributed by atoms with Gasteiger partial charge in [0.2, 0.25) is 0 Å². The lowest BCUT2D eigenvalue weighted by Crippen LogP contribution is -2.24. The zero-order valence-electron chi connectivity index (χ0n) is 42.9. The highest BCUT2D eigenvalue weighted by atomic mass is 15.1. The smallest absolute Gasteiger partial charge is 0.0991 e. The van der Waals surface area contributed by atoms with Gasteiger partial charge in [-0.3, -0.25) is 0 Å². The Bertz CT molecular complexity index is 4350. The zero-order chi connectivity index (χ0) is 51.1. The molecule has 0 atom stereocenters. The Kier molecular flexibility index (Phi) is 9.42. The largest absolute Gasteiger partial charge is 0.310 e. The Morgan fingerprint density at radius 2 is 0.720 bits per heavy atom. The Hall–Kier alpha value is -9.22. The van der Waals surface area contributed by atoms with E-state index in [1.54, 1.807) is 0 Å². The fourth-order valence-corrected chi connectivity index (χ4v) is 13.5. The van der Waals surface area contributed by atoms with Crippen LogP contribution in [0.2, 0.25) is 0 Å². The lowest BCUT2D eigenvalue weighted by Gasteiger charge is -2.37. The van der Waals surface area contributed by atoms with Gasteiger partial charge in [0.1, 0.15) is 0 Å². The molecule has 75 heavy (non-hydrogen) atoms. The van der Waals surface area contributed by atoms with Crippen LogP contribution in [0.25, 0.3) is 65.7 Å². The number of nitriles is 2. The number of rotatable bonds is 6. The first-order chi connectivity index (χ1) is 36.4. The molecule has 3 aliphatic rings. The van der Waals surface area contributed by atoms with E-state index in [0.717, 1.165) is 39.5 Å². The van der Waals surface area contributed by atoms with Gasteiger partial charge in [0.05, 0.1) is 29.0 Å². The van der Waals surface area contributed by atoms with Crippen LogP contribution in [0.4, 0.5) is 34.1 Å². The fourth-order valence-electron chi connectivity index (χ4n) is 13.5. The van der Waals surface area contributed by atoms with Crippen molar-refractivity contribution in [2.45, 2.75) is 57.8 Å². The van der Waals surface area contributed by atoms with Gasteiger partial charge in [-0.2, -0.15) is 10.5 Å². The molecule has 0 fully saturated rings. The van der Waals surface area contributed by atoms with Gasteiger partial charge in [-0.15, -0.1) is 0 Å². The average Bonchev–Trinajstić information content (AvgIpc) is 3.81. The molecule has 4 nitrogen and oxygen atoms in total. The molecule has 14 rings (SSSR count). The molecular weight excluding hydrogens is 909 g/mol. The molecule has 0 aliphatic heterocycles. The third-order valence-corrected chi connectivity index (χ3v) is 17.3. The summed E-state index contributed by atoms with van der Waals surface area (Å²) < 4.78 is 0. The second-order valence-corrected chi connectivity index (χ2v) is 22.3. The van der Waals surface area contributed by atoms with Crippen LogP contribution in [0.5, 0.6) is 0 Å². The van der Waals surface area contributed by atoms with Crippen molar-refractivity contribution in [3.8, 4) is 45.5 Å². The summed E-state index contributed by atoms with van der Waals surface area (Å²) in [6.07, 6.45) is 0. The molecule has 0 N–H and O–H groups in total. The molecule has 11 aromatic carbocycles. The number of benzene rings is 11. The van der Waals surface area contributed by atoms with E-state index in [1.807, 2.05) is 24.3 Å². The van der Waals surface area contributed by atoms with Crippen molar-refractivity contribution in [2.75, 3.05) is 9.80 Å². The highest BCUT2D eigenvalue weighted by Gasteiger charge is 2.39. The minimum Gasteiger partial charge on any atom is -0.310 e. The molecule has 0 aromatic heterocycles. The van der Waals surface area contributed by atoms with E-state index in [0.29, 0.717) is 11.1 Å². The predicted octanol–water partition coefficient (Wildman–Crippen LogP) is 18.7. The summed E-state index contributed by atoms with van der Waals surface area (Å²) >= 11 is 0. The van der Waals surface area contributed by atoms with Gasteiger partial charge in [0.25, 0.3) is 0 Å². The minimum atomic E-state index is -0.369. The van der Waals surface area contributed by atoms with Crippen molar-refractivity contribution in [2.24, 2.45) is 0 Å². The van der Waals surface area contributed by atoms with Crippen molar-refractivity contribution < 1.29 is 0 Å². The van der Waals surface area contributed by atoms with E-state index in [1.165, 1.54) is 93.7 Å². The van der Waals surface area contributed by atoms with E-state index in [-0.39, 0.29) is 16.2 Å². The summed E-state index contributed by atoms with van der Waals surface area (Å²) in [5, 5.41) is 27.0. The Balaban J connectivity index is 0.970. The number of nitrogens with zero attached hydrogens (tertiary/aromatic N) is 4. The maximum absolute atomic E-state index is 9.92. The highest BCUT2D eigenvalue weighted by molar-refractivity contribution is 6.25. The van der Waals surface area contributed by atoms with Crippen molar-refractivity contribution in [1.82, 2.24) is 0 Å². The van der Waals surface area contributed by atoms with Crippen molar-refractivity contribution in [3.05, 3.63) is 251 Å². The molecule has 0 saturated carbocycles. The lowest BCUT2D eigenvalue weighted by atomic mass is 9.68. The SMILES string of the molecule is CC1(C)c2ccccc2-c2cc(N(c3ccc(C#N)cc3)c3ccc4c(c3)C(C)(C)c3cccc5c3c-4cc3c4ccccc4c(N(c4ccc(C#N)cc4)c4ccc6c(c4)C(C)(C)c4ccccc4-6)cc53)ccc21. The second kappa shape index (κ2) is 15.9. The Morgan fingerprint density at radius 3 is 1.36 bits per heavy atom. The third kappa shape index (κ3) is 6.33.